The first-order chi connectivity index (χ1) is 6.24. The van der Waals surface area contributed by atoms with Gasteiger partial charge in [0.15, 0.2) is 0 Å². The summed E-state index contributed by atoms with van der Waals surface area (Å²) in [6.45, 7) is 1.35. The highest BCUT2D eigenvalue weighted by atomic mass is 19.3. The average Bonchev–Trinajstić information content (AvgIpc) is 1.97. The van der Waals surface area contributed by atoms with Gasteiger partial charge in [-0.05, 0) is 13.0 Å². The summed E-state index contributed by atoms with van der Waals surface area (Å²) in [6.07, 6.45) is -0.936. The van der Waals surface area contributed by atoms with Gasteiger partial charge in [0.25, 0.3) is 5.92 Å². The number of carbonyl (C=O) groups is 1. The third kappa shape index (κ3) is 5.60. The van der Waals surface area contributed by atoms with Gasteiger partial charge in [-0.15, -0.1) is 0 Å². The van der Waals surface area contributed by atoms with Crippen molar-refractivity contribution in [3.05, 3.63) is 12.2 Å². The largest absolute Gasteiger partial charge is 0.481 e. The lowest BCUT2D eigenvalue weighted by molar-refractivity contribution is -0.142. The number of alkyl halides is 2. The number of aliphatic hydroxyl groups is 1. The summed E-state index contributed by atoms with van der Waals surface area (Å²) in [5.41, 5.74) is 5.24. The first-order valence-electron chi connectivity index (χ1n) is 3.97. The van der Waals surface area contributed by atoms with Gasteiger partial charge in [-0.1, -0.05) is 6.08 Å². The van der Waals surface area contributed by atoms with Crippen molar-refractivity contribution in [3.8, 4) is 0 Å². The number of nitrogens with two attached hydrogens (primary N) is 1. The number of rotatable bonds is 5. The van der Waals surface area contributed by atoms with Crippen molar-refractivity contribution >= 4 is 5.97 Å². The number of allylic oxidation sites excluding steroid dienone is 1. The first kappa shape index (κ1) is 13.0. The smallest absolute Gasteiger partial charge is 0.309 e. The number of hydrogen-bond acceptors (Lipinski definition) is 3. The molecule has 0 heterocycles. The van der Waals surface area contributed by atoms with E-state index >= 15 is 0 Å². The monoisotopic (exact) mass is 209 g/mol. The van der Waals surface area contributed by atoms with Crippen molar-refractivity contribution in [1.82, 2.24) is 0 Å². The van der Waals surface area contributed by atoms with Crippen molar-refractivity contribution in [2.45, 2.75) is 31.4 Å². The quantitative estimate of drug-likeness (QED) is 0.571. The van der Waals surface area contributed by atoms with Crippen LogP contribution in [0.4, 0.5) is 8.78 Å². The minimum Gasteiger partial charge on any atom is -0.481 e. The summed E-state index contributed by atoms with van der Waals surface area (Å²) >= 11 is 0. The Morgan fingerprint density at radius 2 is 2.14 bits per heavy atom. The third-order valence-corrected chi connectivity index (χ3v) is 1.51. The van der Waals surface area contributed by atoms with E-state index in [-0.39, 0.29) is 0 Å². The first-order valence-corrected chi connectivity index (χ1v) is 3.97. The molecule has 2 atom stereocenters. The van der Waals surface area contributed by atoms with E-state index in [1.807, 2.05) is 0 Å². The lowest BCUT2D eigenvalue weighted by Crippen LogP contribution is -2.31. The van der Waals surface area contributed by atoms with Crippen LogP contribution in [-0.2, 0) is 4.79 Å². The van der Waals surface area contributed by atoms with Crippen LogP contribution in [0, 0.1) is 0 Å². The lowest BCUT2D eigenvalue weighted by Gasteiger charge is -2.12. The number of aliphatic carboxylic acids is 1. The molecule has 0 rings (SSSR count). The molecule has 0 saturated heterocycles. The standard InChI is InChI=1S/C8H13F2NO3/c1-5(12)6(11)2-3-8(9,10)4-7(13)14/h2-3,5-6,12H,4,11H2,1H3,(H,13,14)/b3-2+. The molecule has 0 radical (unpaired) electrons. The maximum absolute atomic E-state index is 12.7. The van der Waals surface area contributed by atoms with Crippen LogP contribution in [0.25, 0.3) is 0 Å². The molecule has 0 bridgehead atoms. The van der Waals surface area contributed by atoms with Crippen LogP contribution in [0.1, 0.15) is 13.3 Å². The SMILES string of the molecule is CC(O)C(N)/C=C/C(F)(F)CC(=O)O. The Hall–Kier alpha value is -1.01. The fourth-order valence-corrected chi connectivity index (χ4v) is 0.673. The van der Waals surface area contributed by atoms with Crippen molar-refractivity contribution in [1.29, 1.82) is 0 Å². The minimum absolute atomic E-state index is 0.401. The van der Waals surface area contributed by atoms with Crippen LogP contribution in [-0.4, -0.2) is 34.3 Å². The molecule has 0 aliphatic carbocycles. The number of carboxylic acid groups (broad SMARTS) is 1. The molecule has 82 valence electrons. The highest BCUT2D eigenvalue weighted by Crippen LogP contribution is 2.20. The van der Waals surface area contributed by atoms with E-state index in [2.05, 4.69) is 0 Å². The number of aliphatic hydroxyl groups excluding tert-OH is 1. The van der Waals surface area contributed by atoms with Crippen molar-refractivity contribution in [3.63, 3.8) is 0 Å². The summed E-state index contributed by atoms with van der Waals surface area (Å²) in [7, 11) is 0. The predicted molar refractivity (Wildman–Crippen MR) is 46.0 cm³/mol. The predicted octanol–water partition coefficient (Wildman–Crippen LogP) is 0.361. The van der Waals surface area contributed by atoms with Crippen molar-refractivity contribution in [2.75, 3.05) is 0 Å². The molecule has 0 amide bonds. The van der Waals surface area contributed by atoms with Crippen molar-refractivity contribution in [2.24, 2.45) is 5.73 Å². The molecule has 0 fully saturated rings. The van der Waals surface area contributed by atoms with Gasteiger partial charge in [-0.3, -0.25) is 4.79 Å². The van der Waals surface area contributed by atoms with E-state index in [1.54, 1.807) is 0 Å². The Bertz CT molecular complexity index is 229. The van der Waals surface area contributed by atoms with E-state index in [0.717, 1.165) is 6.08 Å². The zero-order valence-corrected chi connectivity index (χ0v) is 7.65. The zero-order chi connectivity index (χ0) is 11.4. The van der Waals surface area contributed by atoms with Crippen LogP contribution < -0.4 is 5.73 Å². The van der Waals surface area contributed by atoms with Gasteiger partial charge in [0, 0.05) is 6.04 Å². The maximum atomic E-state index is 12.7. The van der Waals surface area contributed by atoms with Gasteiger partial charge < -0.3 is 15.9 Å². The molecule has 0 aliphatic rings. The normalized spacial score (nSPS) is 16.9. The summed E-state index contributed by atoms with van der Waals surface area (Å²) in [4.78, 5) is 10.00. The molecule has 0 aromatic heterocycles. The van der Waals surface area contributed by atoms with E-state index in [4.69, 9.17) is 15.9 Å². The van der Waals surface area contributed by atoms with E-state index in [1.165, 1.54) is 6.92 Å². The van der Waals surface area contributed by atoms with Gasteiger partial charge in [-0.25, -0.2) is 8.78 Å². The number of hydrogen-bond donors (Lipinski definition) is 3. The summed E-state index contributed by atoms with van der Waals surface area (Å²) in [5.74, 6) is -5.02. The second-order valence-corrected chi connectivity index (χ2v) is 3.01. The Balaban J connectivity index is 4.26. The maximum Gasteiger partial charge on any atom is 0.309 e. The molecule has 0 spiro atoms. The molecule has 4 N–H and O–H groups in total. The molecule has 0 aromatic rings. The third-order valence-electron chi connectivity index (χ3n) is 1.51. The van der Waals surface area contributed by atoms with Crippen LogP contribution in [0.3, 0.4) is 0 Å². The topological polar surface area (TPSA) is 83.5 Å². The molecular formula is C8H13F2NO3. The van der Waals surface area contributed by atoms with Crippen LogP contribution in [0.2, 0.25) is 0 Å². The van der Waals surface area contributed by atoms with Crippen LogP contribution in [0.15, 0.2) is 12.2 Å². The Morgan fingerprint density at radius 3 is 2.50 bits per heavy atom. The van der Waals surface area contributed by atoms with E-state index < -0.39 is 30.5 Å². The zero-order valence-electron chi connectivity index (χ0n) is 7.65. The number of carboxylic acids is 1. The Labute approximate surface area is 80.0 Å². The fourth-order valence-electron chi connectivity index (χ4n) is 0.673. The molecule has 2 unspecified atom stereocenters. The van der Waals surface area contributed by atoms with Gasteiger partial charge in [0.1, 0.15) is 6.42 Å². The highest BCUT2D eigenvalue weighted by Gasteiger charge is 2.29. The Morgan fingerprint density at radius 1 is 1.64 bits per heavy atom. The van der Waals surface area contributed by atoms with Gasteiger partial charge in [0.05, 0.1) is 6.10 Å². The molecule has 14 heavy (non-hydrogen) atoms. The molecular weight excluding hydrogens is 196 g/mol. The minimum atomic E-state index is -3.43. The van der Waals surface area contributed by atoms with E-state index in [9.17, 15) is 13.6 Å². The fraction of sp³-hybridized carbons (Fsp3) is 0.625. The average molecular weight is 209 g/mol. The second kappa shape index (κ2) is 5.02. The molecule has 0 saturated carbocycles. The molecule has 4 nitrogen and oxygen atoms in total. The van der Waals surface area contributed by atoms with Crippen LogP contribution in [0.5, 0.6) is 0 Å². The Kier molecular flexibility index (Phi) is 4.65. The summed E-state index contributed by atoms with van der Waals surface area (Å²) < 4.78 is 25.4. The highest BCUT2D eigenvalue weighted by molar-refractivity contribution is 5.68. The van der Waals surface area contributed by atoms with Gasteiger partial charge in [0.2, 0.25) is 0 Å². The van der Waals surface area contributed by atoms with Crippen molar-refractivity contribution < 1.29 is 23.8 Å². The van der Waals surface area contributed by atoms with Gasteiger partial charge >= 0.3 is 5.97 Å². The summed E-state index contributed by atoms with van der Waals surface area (Å²) in [5, 5.41) is 17.0. The molecule has 0 aliphatic heterocycles. The lowest BCUT2D eigenvalue weighted by atomic mass is 10.1. The second-order valence-electron chi connectivity index (χ2n) is 3.01. The van der Waals surface area contributed by atoms with Gasteiger partial charge in [-0.2, -0.15) is 0 Å². The van der Waals surface area contributed by atoms with Crippen LogP contribution >= 0.6 is 0 Å². The number of halogens is 2. The van der Waals surface area contributed by atoms with E-state index in [0.29, 0.717) is 6.08 Å². The summed E-state index contributed by atoms with van der Waals surface area (Å²) in [6, 6.07) is -0.922. The molecule has 6 heteroatoms. The molecule has 0 aromatic carbocycles.